The van der Waals surface area contributed by atoms with Crippen molar-refractivity contribution in [2.24, 2.45) is 0 Å². The fourth-order valence-electron chi connectivity index (χ4n) is 5.94. The minimum absolute atomic E-state index is 0.0324. The second kappa shape index (κ2) is 14.4. The number of ether oxygens (including phenoxy) is 1. The maximum Gasteiger partial charge on any atom is 0.254 e. The van der Waals surface area contributed by atoms with Gasteiger partial charge in [0.2, 0.25) is 0 Å². The molecule has 1 saturated carbocycles. The van der Waals surface area contributed by atoms with Crippen LogP contribution in [0.2, 0.25) is 54.4 Å². The molecule has 1 aliphatic carbocycles. The Labute approximate surface area is 314 Å². The average molecular weight is 772 g/mol. The molecule has 3 aromatic rings. The number of fused-ring (bicyclic) bond motifs is 1. The number of aromatic nitrogens is 6. The Morgan fingerprint density at radius 1 is 0.865 bits per heavy atom. The zero-order chi connectivity index (χ0) is 38.7. The van der Waals surface area contributed by atoms with Crippen LogP contribution in [0.4, 0.5) is 5.82 Å². The lowest BCUT2D eigenvalue weighted by molar-refractivity contribution is -0.0470. The van der Waals surface area contributed by atoms with Crippen molar-refractivity contribution < 1.29 is 22.8 Å². The molecule has 5 rings (SSSR count). The summed E-state index contributed by atoms with van der Waals surface area (Å²) in [5.41, 5.74) is 1.69. The second-order valence-corrected chi connectivity index (χ2v) is 33.8. The number of anilines is 1. The summed E-state index contributed by atoms with van der Waals surface area (Å²) >= 11 is 0. The van der Waals surface area contributed by atoms with Gasteiger partial charge in [-0.05, 0) is 67.2 Å². The molecular weight excluding hydrogens is 707 g/mol. The van der Waals surface area contributed by atoms with Crippen LogP contribution in [0.25, 0.3) is 17.1 Å². The van der Waals surface area contributed by atoms with Crippen molar-refractivity contribution in [2.45, 2.75) is 173 Å². The Kier molecular flexibility index (Phi) is 11.3. The highest BCUT2D eigenvalue weighted by molar-refractivity contribution is 6.75. The summed E-state index contributed by atoms with van der Waals surface area (Å²) in [5, 5.41) is 8.02. The van der Waals surface area contributed by atoms with Gasteiger partial charge in [0.1, 0.15) is 18.3 Å². The maximum atomic E-state index is 11.6. The molecule has 1 saturated heterocycles. The summed E-state index contributed by atoms with van der Waals surface area (Å²) in [6.45, 7) is 34.5. The quantitative estimate of drug-likeness (QED) is 0.141. The second-order valence-electron chi connectivity index (χ2n) is 19.5. The molecule has 4 heterocycles. The summed E-state index contributed by atoms with van der Waals surface area (Å²) in [5.74, 6) is 0.982. The summed E-state index contributed by atoms with van der Waals surface area (Å²) in [7, 11) is -6.84. The van der Waals surface area contributed by atoms with Crippen molar-refractivity contribution in [3.63, 3.8) is 0 Å². The third-order valence-corrected chi connectivity index (χ3v) is 25.9. The van der Waals surface area contributed by atoms with Crippen molar-refractivity contribution in [1.82, 2.24) is 29.3 Å². The third-order valence-electron chi connectivity index (χ3n) is 12.5. The Morgan fingerprint density at radius 2 is 1.44 bits per heavy atom. The molecule has 1 N–H and O–H groups in total. The minimum atomic E-state index is -2.38. The number of hydrogen-bond donors (Lipinski definition) is 1. The van der Waals surface area contributed by atoms with Gasteiger partial charge in [-0.15, -0.1) is 0 Å². The molecule has 0 unspecified atom stereocenters. The molecule has 0 radical (unpaired) electrons. The Hall–Kier alpha value is -2.28. The molecule has 15 heteroatoms. The molecule has 2 fully saturated rings. The fraction of sp³-hybridized carbons (Fsp3) is 0.757. The van der Waals surface area contributed by atoms with Crippen LogP contribution in [0, 0.1) is 0 Å². The minimum Gasteiger partial charge on any atom is -0.414 e. The number of imidazole rings is 1. The van der Waals surface area contributed by atoms with Gasteiger partial charge in [0.05, 0.1) is 24.7 Å². The fourth-order valence-corrected chi connectivity index (χ4v) is 9.56. The molecule has 3 aromatic heterocycles. The van der Waals surface area contributed by atoms with Crippen molar-refractivity contribution >= 4 is 48.2 Å². The summed E-state index contributed by atoms with van der Waals surface area (Å²) in [4.78, 5) is 26.5. The standard InChI is InChI=1S/C37H65N7O5Si3/c1-35(2,3)50(10,11)46-23-27-29(48-51(12,13)36(4,5)6)30(49-52(14,15)37(7,8)9)33(47-27)43-24-38-28-31(40-26-18-16-17-19-26)41-34(42-32(28)43)44-21-25(22-45)20-39-44/h20-22,24,26-27,29-30,33H,16-19,23H2,1-15H3,(H,40,41,42)/t27-,29-,30-,33-/m1/s1. The van der Waals surface area contributed by atoms with Crippen LogP contribution in [0.3, 0.4) is 0 Å². The topological polar surface area (TPSA) is 127 Å². The van der Waals surface area contributed by atoms with E-state index < -0.39 is 37.3 Å². The zero-order valence-corrected chi connectivity index (χ0v) is 37.5. The van der Waals surface area contributed by atoms with Crippen molar-refractivity contribution in [3.05, 3.63) is 24.3 Å². The van der Waals surface area contributed by atoms with Gasteiger partial charge >= 0.3 is 0 Å². The highest BCUT2D eigenvalue weighted by Crippen LogP contribution is 2.47. The lowest BCUT2D eigenvalue weighted by Crippen LogP contribution is -2.54. The summed E-state index contributed by atoms with van der Waals surface area (Å²) in [6, 6.07) is 0.288. The molecule has 1 aliphatic heterocycles. The first kappa shape index (κ1) is 40.9. The van der Waals surface area contributed by atoms with Gasteiger partial charge in [-0.25, -0.2) is 9.67 Å². The van der Waals surface area contributed by atoms with Crippen LogP contribution >= 0.6 is 0 Å². The van der Waals surface area contributed by atoms with E-state index in [9.17, 15) is 4.79 Å². The highest BCUT2D eigenvalue weighted by Gasteiger charge is 2.55. The number of rotatable bonds is 12. The number of nitrogens with one attached hydrogen (secondary N) is 1. The van der Waals surface area contributed by atoms with E-state index in [0.717, 1.165) is 19.1 Å². The van der Waals surface area contributed by atoms with Crippen molar-refractivity contribution in [3.8, 4) is 5.95 Å². The van der Waals surface area contributed by atoms with Gasteiger partial charge < -0.3 is 23.3 Å². The first-order valence-electron chi connectivity index (χ1n) is 19.0. The first-order valence-corrected chi connectivity index (χ1v) is 27.7. The molecular formula is C37H65N7O5Si3. The molecule has 2 aliphatic rings. The van der Waals surface area contributed by atoms with Crippen molar-refractivity contribution in [2.75, 3.05) is 11.9 Å². The van der Waals surface area contributed by atoms with E-state index in [0.29, 0.717) is 35.1 Å². The maximum absolute atomic E-state index is 11.6. The molecule has 290 valence electrons. The van der Waals surface area contributed by atoms with Crippen LogP contribution in [0.1, 0.15) is 105 Å². The molecule has 0 spiro atoms. The van der Waals surface area contributed by atoms with Crippen LogP contribution in [0.5, 0.6) is 0 Å². The van der Waals surface area contributed by atoms with E-state index in [2.05, 4.69) is 112 Å². The zero-order valence-electron chi connectivity index (χ0n) is 34.5. The van der Waals surface area contributed by atoms with E-state index in [4.69, 9.17) is 33.0 Å². The van der Waals surface area contributed by atoms with Crippen LogP contribution in [-0.2, 0) is 18.0 Å². The molecule has 4 atom stereocenters. The van der Waals surface area contributed by atoms with Crippen molar-refractivity contribution in [1.29, 1.82) is 0 Å². The van der Waals surface area contributed by atoms with E-state index in [1.807, 2.05) is 4.57 Å². The van der Waals surface area contributed by atoms with Crippen LogP contribution in [0.15, 0.2) is 18.7 Å². The lowest BCUT2D eigenvalue weighted by atomic mass is 10.1. The first-order chi connectivity index (χ1) is 23.8. The monoisotopic (exact) mass is 771 g/mol. The van der Waals surface area contributed by atoms with Gasteiger partial charge in [-0.3, -0.25) is 9.36 Å². The predicted octanol–water partition coefficient (Wildman–Crippen LogP) is 8.88. The number of carbonyl (C=O) groups excluding carboxylic acids is 1. The number of aldehydes is 1. The Morgan fingerprint density at radius 3 is 1.98 bits per heavy atom. The van der Waals surface area contributed by atoms with Gasteiger partial charge in [0, 0.05) is 12.2 Å². The van der Waals surface area contributed by atoms with Gasteiger partial charge in [-0.1, -0.05) is 75.2 Å². The Balaban J connectivity index is 1.68. The number of nitrogens with zero attached hydrogens (tertiary/aromatic N) is 6. The van der Waals surface area contributed by atoms with Crippen LogP contribution < -0.4 is 5.32 Å². The van der Waals surface area contributed by atoms with Crippen LogP contribution in [-0.4, -0.2) is 91.5 Å². The molecule has 0 bridgehead atoms. The molecule has 12 nitrogen and oxygen atoms in total. The van der Waals surface area contributed by atoms with E-state index >= 15 is 0 Å². The summed E-state index contributed by atoms with van der Waals surface area (Å²) < 4.78 is 32.4. The van der Waals surface area contributed by atoms with Gasteiger partial charge in [0.15, 0.2) is 54.4 Å². The summed E-state index contributed by atoms with van der Waals surface area (Å²) in [6.07, 6.45) is 8.36. The molecule has 0 aromatic carbocycles. The average Bonchev–Trinajstić information content (AvgIpc) is 3.82. The van der Waals surface area contributed by atoms with E-state index in [-0.39, 0.29) is 33.4 Å². The highest BCUT2D eigenvalue weighted by atomic mass is 28.4. The van der Waals surface area contributed by atoms with E-state index in [1.54, 1.807) is 17.2 Å². The number of hydrogen-bond acceptors (Lipinski definition) is 10. The molecule has 52 heavy (non-hydrogen) atoms. The lowest BCUT2D eigenvalue weighted by Gasteiger charge is -2.44. The Bertz CT molecular complexity index is 1710. The van der Waals surface area contributed by atoms with Gasteiger partial charge in [0.25, 0.3) is 5.95 Å². The smallest absolute Gasteiger partial charge is 0.254 e. The normalized spacial score (nSPS) is 22.8. The molecule has 0 amide bonds. The van der Waals surface area contributed by atoms with Gasteiger partial charge in [-0.2, -0.15) is 15.1 Å². The third kappa shape index (κ3) is 8.35. The predicted molar refractivity (Wildman–Crippen MR) is 215 cm³/mol. The number of carbonyl (C=O) groups is 1. The largest absolute Gasteiger partial charge is 0.414 e. The SMILES string of the molecule is CC(C)(C)[Si](C)(C)OC[C@H]1O[C@@H](n2cnc3c(NC4CCCC4)nc(-n4cc(C=O)cn4)nc32)[C@H](O[Si](C)(C)C(C)(C)C)[C@@H]1O[Si](C)(C)C(C)(C)C. The van der Waals surface area contributed by atoms with E-state index in [1.165, 1.54) is 19.0 Å².